The van der Waals surface area contributed by atoms with Gasteiger partial charge in [-0.25, -0.2) is 0 Å². The number of hydrogen-bond donors (Lipinski definition) is 1. The molecule has 1 aliphatic heterocycles. The van der Waals surface area contributed by atoms with E-state index in [-0.39, 0.29) is 23.5 Å². The van der Waals surface area contributed by atoms with Gasteiger partial charge in [-0.1, -0.05) is 12.8 Å². The summed E-state index contributed by atoms with van der Waals surface area (Å²) >= 11 is 0. The molecule has 1 saturated carbocycles. The van der Waals surface area contributed by atoms with Gasteiger partial charge in [0.05, 0.1) is 17.9 Å². The van der Waals surface area contributed by atoms with Crippen molar-refractivity contribution in [2.24, 2.45) is 0 Å². The molecule has 1 N–H and O–H groups in total. The predicted molar refractivity (Wildman–Crippen MR) is 107 cm³/mol. The molecule has 1 aromatic carbocycles. The Kier molecular flexibility index (Phi) is 5.18. The predicted octanol–water partition coefficient (Wildman–Crippen LogP) is 4.43. The lowest BCUT2D eigenvalue weighted by molar-refractivity contribution is -0.141. The summed E-state index contributed by atoms with van der Waals surface area (Å²) in [6.45, 7) is 3.86. The van der Waals surface area contributed by atoms with Crippen molar-refractivity contribution in [3.63, 3.8) is 0 Å². The number of ether oxygens (including phenoxy) is 1. The summed E-state index contributed by atoms with van der Waals surface area (Å²) in [7, 11) is 0. The van der Waals surface area contributed by atoms with Crippen molar-refractivity contribution >= 4 is 17.4 Å². The van der Waals surface area contributed by atoms with E-state index in [1.807, 2.05) is 13.8 Å². The Bertz CT molecular complexity index is 921. The standard InChI is InChI=1S/C23H25NO5/c1-14(2)29-17-11-9-15(10-12-17)21(25)19-20(18-8-5-13-28-18)24(23(27)22(19)26)16-6-3-4-7-16/h5,8-14,16,20,25H,3-4,6-7H2,1-2H3/b21-19-. The molecule has 4 rings (SSSR count). The topological polar surface area (TPSA) is 80.0 Å². The minimum Gasteiger partial charge on any atom is -0.507 e. The molecule has 1 aliphatic carbocycles. The van der Waals surface area contributed by atoms with Crippen LogP contribution in [0.3, 0.4) is 0 Å². The zero-order valence-electron chi connectivity index (χ0n) is 16.6. The lowest BCUT2D eigenvalue weighted by Crippen LogP contribution is -2.37. The minimum atomic E-state index is -0.709. The van der Waals surface area contributed by atoms with Crippen LogP contribution in [-0.2, 0) is 9.59 Å². The number of aliphatic hydroxyl groups is 1. The average Bonchev–Trinajstić information content (AvgIpc) is 3.44. The quantitative estimate of drug-likeness (QED) is 0.460. The fraction of sp³-hybridized carbons (Fsp3) is 0.391. The second-order valence-corrected chi connectivity index (χ2v) is 7.85. The molecule has 1 unspecified atom stereocenters. The first kappa shape index (κ1) is 19.3. The second kappa shape index (κ2) is 7.78. The van der Waals surface area contributed by atoms with Crippen LogP contribution in [0.15, 0.2) is 52.7 Å². The van der Waals surface area contributed by atoms with Crippen molar-refractivity contribution < 1.29 is 23.8 Å². The molecule has 2 fully saturated rings. The van der Waals surface area contributed by atoms with E-state index < -0.39 is 17.7 Å². The number of carbonyl (C=O) groups excluding carboxylic acids is 2. The van der Waals surface area contributed by atoms with E-state index in [1.165, 1.54) is 6.26 Å². The number of rotatable bonds is 5. The highest BCUT2D eigenvalue weighted by Crippen LogP contribution is 2.43. The lowest BCUT2D eigenvalue weighted by Gasteiger charge is -2.29. The number of furan rings is 1. The van der Waals surface area contributed by atoms with E-state index in [1.54, 1.807) is 41.3 Å². The van der Waals surface area contributed by atoms with Crippen molar-refractivity contribution in [1.29, 1.82) is 0 Å². The fourth-order valence-electron chi connectivity index (χ4n) is 4.25. The van der Waals surface area contributed by atoms with Gasteiger partial charge in [0.25, 0.3) is 11.7 Å². The van der Waals surface area contributed by atoms with Crippen LogP contribution in [0.2, 0.25) is 0 Å². The molecule has 2 heterocycles. The zero-order chi connectivity index (χ0) is 20.5. The lowest BCUT2D eigenvalue weighted by atomic mass is 9.98. The van der Waals surface area contributed by atoms with Gasteiger partial charge in [-0.15, -0.1) is 0 Å². The summed E-state index contributed by atoms with van der Waals surface area (Å²) in [6.07, 6.45) is 5.30. The van der Waals surface area contributed by atoms with E-state index in [2.05, 4.69) is 0 Å². The first-order chi connectivity index (χ1) is 14.0. The third-order valence-electron chi connectivity index (χ3n) is 5.51. The van der Waals surface area contributed by atoms with E-state index in [0.717, 1.165) is 25.7 Å². The van der Waals surface area contributed by atoms with Crippen LogP contribution in [0.5, 0.6) is 5.75 Å². The molecule has 6 heteroatoms. The third-order valence-corrected chi connectivity index (χ3v) is 5.51. The Morgan fingerprint density at radius 3 is 2.41 bits per heavy atom. The normalized spacial score (nSPS) is 22.0. The molecule has 1 saturated heterocycles. The van der Waals surface area contributed by atoms with Crippen LogP contribution in [-0.4, -0.2) is 33.8 Å². The molecule has 0 spiro atoms. The number of Topliss-reactive ketones (excluding diaryl/α,β-unsaturated/α-hetero) is 1. The highest BCUT2D eigenvalue weighted by molar-refractivity contribution is 6.46. The van der Waals surface area contributed by atoms with Crippen molar-refractivity contribution in [2.45, 2.75) is 57.7 Å². The second-order valence-electron chi connectivity index (χ2n) is 7.85. The molecule has 6 nitrogen and oxygen atoms in total. The van der Waals surface area contributed by atoms with Gasteiger partial charge in [0, 0.05) is 11.6 Å². The van der Waals surface area contributed by atoms with Crippen molar-refractivity contribution in [3.05, 3.63) is 59.6 Å². The maximum Gasteiger partial charge on any atom is 0.296 e. The Balaban J connectivity index is 1.77. The highest BCUT2D eigenvalue weighted by Gasteiger charge is 2.50. The van der Waals surface area contributed by atoms with Gasteiger partial charge < -0.3 is 19.2 Å². The van der Waals surface area contributed by atoms with E-state index in [9.17, 15) is 14.7 Å². The van der Waals surface area contributed by atoms with Crippen LogP contribution >= 0.6 is 0 Å². The van der Waals surface area contributed by atoms with Gasteiger partial charge in [-0.3, -0.25) is 9.59 Å². The van der Waals surface area contributed by atoms with Gasteiger partial charge in [0.15, 0.2) is 0 Å². The smallest absolute Gasteiger partial charge is 0.296 e. The van der Waals surface area contributed by atoms with E-state index in [4.69, 9.17) is 9.15 Å². The molecule has 152 valence electrons. The van der Waals surface area contributed by atoms with Gasteiger partial charge in [-0.05, 0) is 63.1 Å². The summed E-state index contributed by atoms with van der Waals surface area (Å²) in [5.41, 5.74) is 0.538. The van der Waals surface area contributed by atoms with Crippen LogP contribution in [0, 0.1) is 0 Å². The summed E-state index contributed by atoms with van der Waals surface area (Å²) in [5.74, 6) is -0.276. The number of carbonyl (C=O) groups is 2. The maximum absolute atomic E-state index is 12.9. The minimum absolute atomic E-state index is 0.0198. The molecule has 1 aromatic heterocycles. The van der Waals surface area contributed by atoms with Gasteiger partial charge in [0.1, 0.15) is 23.3 Å². The number of amides is 1. The van der Waals surface area contributed by atoms with Crippen LogP contribution in [0.25, 0.3) is 5.76 Å². The first-order valence-electron chi connectivity index (χ1n) is 10.1. The SMILES string of the molecule is CC(C)Oc1ccc(/C(O)=C2/C(=O)C(=O)N(C3CCCC3)C2c2ccco2)cc1. The monoisotopic (exact) mass is 395 g/mol. The number of nitrogens with zero attached hydrogens (tertiary/aromatic N) is 1. The molecular weight excluding hydrogens is 370 g/mol. The molecule has 0 bridgehead atoms. The van der Waals surface area contributed by atoms with E-state index >= 15 is 0 Å². The molecule has 1 atom stereocenters. The molecule has 1 amide bonds. The molecule has 2 aromatic rings. The van der Waals surface area contributed by atoms with Gasteiger partial charge >= 0.3 is 0 Å². The first-order valence-corrected chi connectivity index (χ1v) is 10.1. The number of likely N-dealkylation sites (tertiary alicyclic amines) is 1. The molecule has 2 aliphatic rings. The summed E-state index contributed by atoms with van der Waals surface area (Å²) in [6, 6.07) is 9.60. The summed E-state index contributed by atoms with van der Waals surface area (Å²) in [5, 5.41) is 11.0. The Hall–Kier alpha value is -3.02. The number of aliphatic hydroxyl groups excluding tert-OH is 1. The Morgan fingerprint density at radius 1 is 1.14 bits per heavy atom. The Morgan fingerprint density at radius 2 is 1.83 bits per heavy atom. The average molecular weight is 395 g/mol. The summed E-state index contributed by atoms with van der Waals surface area (Å²) < 4.78 is 11.2. The summed E-state index contributed by atoms with van der Waals surface area (Å²) in [4.78, 5) is 27.4. The van der Waals surface area contributed by atoms with Crippen molar-refractivity contribution in [3.8, 4) is 5.75 Å². The molecule has 29 heavy (non-hydrogen) atoms. The van der Waals surface area contributed by atoms with Crippen molar-refractivity contribution in [2.75, 3.05) is 0 Å². The third kappa shape index (κ3) is 3.55. The fourth-order valence-corrected chi connectivity index (χ4v) is 4.25. The van der Waals surface area contributed by atoms with Gasteiger partial charge in [0.2, 0.25) is 0 Å². The number of hydrogen-bond acceptors (Lipinski definition) is 5. The van der Waals surface area contributed by atoms with Gasteiger partial charge in [-0.2, -0.15) is 0 Å². The molecule has 0 radical (unpaired) electrons. The largest absolute Gasteiger partial charge is 0.507 e. The number of benzene rings is 1. The van der Waals surface area contributed by atoms with E-state index in [0.29, 0.717) is 17.1 Å². The Labute approximate surface area is 169 Å². The van der Waals surface area contributed by atoms with Crippen molar-refractivity contribution in [1.82, 2.24) is 4.90 Å². The number of ketones is 1. The zero-order valence-corrected chi connectivity index (χ0v) is 16.6. The maximum atomic E-state index is 12.9. The highest BCUT2D eigenvalue weighted by atomic mass is 16.5. The van der Waals surface area contributed by atoms with Crippen LogP contribution in [0.4, 0.5) is 0 Å². The van der Waals surface area contributed by atoms with Crippen LogP contribution < -0.4 is 4.74 Å². The van der Waals surface area contributed by atoms with Crippen LogP contribution in [0.1, 0.15) is 56.9 Å². The molecular formula is C23H25NO5.